The Balaban J connectivity index is 2.34. The number of fused-ring (bicyclic) bond motifs is 1. The van der Waals surface area contributed by atoms with Crippen LogP contribution in [0.25, 0.3) is 0 Å². The van der Waals surface area contributed by atoms with Crippen molar-refractivity contribution in [1.82, 2.24) is 10.2 Å². The Morgan fingerprint density at radius 3 is 2.81 bits per heavy atom. The average Bonchev–Trinajstić information content (AvgIpc) is 2.67. The number of carbonyl (C=O) groups is 2. The van der Waals surface area contributed by atoms with Gasteiger partial charge in [0.2, 0.25) is 5.91 Å². The first-order chi connectivity index (χ1) is 12.8. The topological polar surface area (TPSA) is 79.9 Å². The van der Waals surface area contributed by atoms with E-state index in [9.17, 15) is 9.59 Å². The van der Waals surface area contributed by atoms with Gasteiger partial charge in [-0.25, -0.2) is 0 Å². The van der Waals surface area contributed by atoms with Crippen LogP contribution in [0.15, 0.2) is 18.2 Å². The number of likely N-dealkylation sites (N-methyl/N-ethyl adjacent to an activating group) is 1. The van der Waals surface area contributed by atoms with Crippen molar-refractivity contribution in [1.29, 1.82) is 0 Å². The van der Waals surface area contributed by atoms with Crippen LogP contribution in [0.5, 0.6) is 5.75 Å². The van der Waals surface area contributed by atoms with Crippen LogP contribution in [-0.2, 0) is 9.53 Å². The van der Waals surface area contributed by atoms with Crippen molar-refractivity contribution < 1.29 is 19.1 Å². The molecule has 2 N–H and O–H groups in total. The molecular weight excluding hydrogens is 346 g/mol. The van der Waals surface area contributed by atoms with Gasteiger partial charge in [-0.1, -0.05) is 13.8 Å². The van der Waals surface area contributed by atoms with Gasteiger partial charge >= 0.3 is 0 Å². The van der Waals surface area contributed by atoms with E-state index in [0.717, 1.165) is 6.54 Å². The van der Waals surface area contributed by atoms with E-state index < -0.39 is 0 Å². The van der Waals surface area contributed by atoms with E-state index in [4.69, 9.17) is 9.47 Å². The zero-order chi connectivity index (χ0) is 20.0. The zero-order valence-corrected chi connectivity index (χ0v) is 16.9. The van der Waals surface area contributed by atoms with Crippen molar-refractivity contribution in [2.45, 2.75) is 39.3 Å². The van der Waals surface area contributed by atoms with Crippen molar-refractivity contribution >= 4 is 17.5 Å². The fraction of sp³-hybridized carbons (Fsp3) is 0.600. The molecule has 2 rings (SSSR count). The number of methoxy groups -OCH3 is 1. The van der Waals surface area contributed by atoms with E-state index in [1.807, 2.05) is 6.92 Å². The van der Waals surface area contributed by atoms with E-state index in [0.29, 0.717) is 36.6 Å². The van der Waals surface area contributed by atoms with Crippen LogP contribution in [0.4, 0.5) is 5.69 Å². The Kier molecular flexibility index (Phi) is 7.62. The normalized spacial score (nSPS) is 24.3. The number of hydrogen-bond donors (Lipinski definition) is 2. The molecule has 1 aromatic rings. The number of ether oxygens (including phenoxy) is 2. The van der Waals surface area contributed by atoms with Crippen molar-refractivity contribution in [3.63, 3.8) is 0 Å². The van der Waals surface area contributed by atoms with E-state index in [2.05, 4.69) is 17.6 Å². The monoisotopic (exact) mass is 377 g/mol. The minimum absolute atomic E-state index is 0.0643. The van der Waals surface area contributed by atoms with Crippen LogP contribution in [0.2, 0.25) is 0 Å². The quantitative estimate of drug-likeness (QED) is 0.844. The first-order valence-electron chi connectivity index (χ1n) is 9.44. The van der Waals surface area contributed by atoms with Gasteiger partial charge in [0.25, 0.3) is 5.91 Å². The molecule has 0 fully saturated rings. The van der Waals surface area contributed by atoms with Gasteiger partial charge in [-0.05, 0) is 25.0 Å². The van der Waals surface area contributed by atoms with Gasteiger partial charge in [-0.15, -0.1) is 0 Å². The van der Waals surface area contributed by atoms with Gasteiger partial charge in [0.1, 0.15) is 12.4 Å². The maximum atomic E-state index is 13.0. The summed E-state index contributed by atoms with van der Waals surface area (Å²) in [6, 6.07) is 5.25. The highest BCUT2D eigenvalue weighted by Crippen LogP contribution is 2.26. The third-order valence-electron chi connectivity index (χ3n) is 4.83. The predicted octanol–water partition coefficient (Wildman–Crippen LogP) is 2.13. The number of nitrogens with zero attached hydrogens (tertiary/aromatic N) is 1. The molecule has 1 aromatic carbocycles. The minimum atomic E-state index is -0.131. The SMILES string of the molecule is CCC(=O)Nc1ccc2c(c1)OC[C@H](C)NC[C@@H](C)[C@H](OC)CN(C)C2=O. The van der Waals surface area contributed by atoms with E-state index in [1.54, 1.807) is 44.2 Å². The molecule has 0 radical (unpaired) electrons. The number of rotatable bonds is 3. The fourth-order valence-electron chi connectivity index (χ4n) is 2.98. The molecule has 0 aromatic heterocycles. The van der Waals surface area contributed by atoms with Crippen molar-refractivity contribution in [3.8, 4) is 5.75 Å². The summed E-state index contributed by atoms with van der Waals surface area (Å²) in [6.45, 7) is 7.61. The maximum Gasteiger partial charge on any atom is 0.257 e. The Hall–Kier alpha value is -2.12. The lowest BCUT2D eigenvalue weighted by atomic mass is 10.0. The number of carbonyl (C=O) groups excluding carboxylic acids is 2. The lowest BCUT2D eigenvalue weighted by Crippen LogP contribution is -2.44. The summed E-state index contributed by atoms with van der Waals surface area (Å²) in [5, 5.41) is 6.26. The van der Waals surface area contributed by atoms with Gasteiger partial charge in [0, 0.05) is 51.5 Å². The summed E-state index contributed by atoms with van der Waals surface area (Å²) in [4.78, 5) is 26.3. The molecule has 7 heteroatoms. The summed E-state index contributed by atoms with van der Waals surface area (Å²) in [5.74, 6) is 0.502. The molecule has 1 aliphatic heterocycles. The second-order valence-electron chi connectivity index (χ2n) is 7.17. The summed E-state index contributed by atoms with van der Waals surface area (Å²) < 4.78 is 11.6. The Morgan fingerprint density at radius 2 is 2.15 bits per heavy atom. The molecule has 2 amide bonds. The first kappa shape index (κ1) is 21.2. The smallest absolute Gasteiger partial charge is 0.257 e. The Labute approximate surface area is 161 Å². The van der Waals surface area contributed by atoms with Crippen LogP contribution in [0.1, 0.15) is 37.6 Å². The molecule has 150 valence electrons. The largest absolute Gasteiger partial charge is 0.491 e. The molecule has 27 heavy (non-hydrogen) atoms. The molecule has 0 saturated heterocycles. The zero-order valence-electron chi connectivity index (χ0n) is 16.9. The maximum absolute atomic E-state index is 13.0. The summed E-state index contributed by atoms with van der Waals surface area (Å²) in [5.41, 5.74) is 1.09. The Bertz CT molecular complexity index is 665. The highest BCUT2D eigenvalue weighted by atomic mass is 16.5. The molecule has 0 spiro atoms. The lowest BCUT2D eigenvalue weighted by Gasteiger charge is -2.30. The van der Waals surface area contributed by atoms with Gasteiger partial charge in [-0.3, -0.25) is 9.59 Å². The first-order valence-corrected chi connectivity index (χ1v) is 9.44. The number of benzene rings is 1. The highest BCUT2D eigenvalue weighted by molar-refractivity contribution is 5.98. The molecule has 1 heterocycles. The van der Waals surface area contributed by atoms with Gasteiger partial charge < -0.3 is 25.0 Å². The highest BCUT2D eigenvalue weighted by Gasteiger charge is 2.25. The number of hydrogen-bond acceptors (Lipinski definition) is 5. The molecule has 7 nitrogen and oxygen atoms in total. The summed E-state index contributed by atoms with van der Waals surface area (Å²) in [7, 11) is 3.44. The third-order valence-corrected chi connectivity index (χ3v) is 4.83. The van der Waals surface area contributed by atoms with Crippen molar-refractivity contribution in [3.05, 3.63) is 23.8 Å². The van der Waals surface area contributed by atoms with E-state index in [1.165, 1.54) is 0 Å². The van der Waals surface area contributed by atoms with Crippen LogP contribution in [0, 0.1) is 5.92 Å². The Morgan fingerprint density at radius 1 is 1.41 bits per heavy atom. The molecule has 1 aliphatic rings. The molecule has 0 unspecified atom stereocenters. The van der Waals surface area contributed by atoms with Crippen LogP contribution in [0.3, 0.4) is 0 Å². The number of amides is 2. The predicted molar refractivity (Wildman–Crippen MR) is 105 cm³/mol. The average molecular weight is 377 g/mol. The lowest BCUT2D eigenvalue weighted by molar-refractivity contribution is -0.115. The van der Waals surface area contributed by atoms with Crippen LogP contribution < -0.4 is 15.4 Å². The number of nitrogens with one attached hydrogen (secondary N) is 2. The summed E-state index contributed by atoms with van der Waals surface area (Å²) >= 11 is 0. The molecule has 0 aliphatic carbocycles. The number of anilines is 1. The van der Waals surface area contributed by atoms with Crippen molar-refractivity contribution in [2.24, 2.45) is 5.92 Å². The molecule has 0 saturated carbocycles. The van der Waals surface area contributed by atoms with Gasteiger partial charge in [-0.2, -0.15) is 0 Å². The summed E-state index contributed by atoms with van der Waals surface area (Å²) in [6.07, 6.45) is 0.322. The van der Waals surface area contributed by atoms with Gasteiger partial charge in [0.05, 0.1) is 11.7 Å². The molecule has 0 bridgehead atoms. The van der Waals surface area contributed by atoms with E-state index >= 15 is 0 Å². The van der Waals surface area contributed by atoms with Crippen LogP contribution >= 0.6 is 0 Å². The standard InChI is InChI=1S/C20H31N3O4/c1-6-19(24)22-15-7-8-16-17(9-15)27-12-14(3)21-10-13(2)18(26-5)11-23(4)20(16)25/h7-9,13-14,18,21H,6,10-12H2,1-5H3,(H,22,24)/t13-,14+,18-/m1/s1. The second-order valence-corrected chi connectivity index (χ2v) is 7.17. The molecule has 3 atom stereocenters. The fourth-order valence-corrected chi connectivity index (χ4v) is 2.98. The van der Waals surface area contributed by atoms with E-state index in [-0.39, 0.29) is 29.9 Å². The third kappa shape index (κ3) is 5.68. The van der Waals surface area contributed by atoms with Crippen molar-refractivity contribution in [2.75, 3.05) is 39.2 Å². The van der Waals surface area contributed by atoms with Crippen LogP contribution in [-0.4, -0.2) is 62.7 Å². The minimum Gasteiger partial charge on any atom is -0.491 e. The second kappa shape index (κ2) is 9.71. The molecular formula is C20H31N3O4. The van der Waals surface area contributed by atoms with Gasteiger partial charge in [0.15, 0.2) is 0 Å².